The molecule has 1 aromatic carbocycles. The van der Waals surface area contributed by atoms with Gasteiger partial charge in [0, 0.05) is 24.1 Å². The Kier molecular flexibility index (Phi) is 4.77. The Morgan fingerprint density at radius 2 is 2.23 bits per heavy atom. The Labute approximate surface area is 127 Å². The molecule has 3 N–H and O–H groups in total. The first kappa shape index (κ1) is 15.6. The number of nitrogens with one attached hydrogen (secondary N) is 1. The average Bonchev–Trinajstić information content (AvgIpc) is 2.98. The van der Waals surface area contributed by atoms with Crippen LogP contribution in [0.15, 0.2) is 41.0 Å². The molecule has 1 atom stereocenters. The van der Waals surface area contributed by atoms with Crippen LogP contribution in [0.25, 0.3) is 0 Å². The van der Waals surface area contributed by atoms with Crippen molar-refractivity contribution in [2.75, 3.05) is 5.32 Å². The topological polar surface area (TPSA) is 111 Å². The van der Waals surface area contributed by atoms with Gasteiger partial charge in [-0.2, -0.15) is 0 Å². The van der Waals surface area contributed by atoms with E-state index in [0.29, 0.717) is 5.69 Å². The number of nitrogens with two attached hydrogens (primary N) is 1. The number of carbonyl (C=O) groups excluding carboxylic acids is 1. The molecule has 0 saturated carbocycles. The first-order valence-corrected chi connectivity index (χ1v) is 6.84. The number of aryl methyl sites for hydroxylation is 1. The van der Waals surface area contributed by atoms with Crippen LogP contribution in [0.5, 0.6) is 0 Å². The Balaban J connectivity index is 2.07. The number of anilines is 1. The van der Waals surface area contributed by atoms with Crippen molar-refractivity contribution in [3.05, 3.63) is 58.0 Å². The van der Waals surface area contributed by atoms with Gasteiger partial charge in [-0.05, 0) is 37.6 Å². The van der Waals surface area contributed by atoms with E-state index in [1.165, 1.54) is 18.2 Å². The maximum Gasteiger partial charge on any atom is 0.293 e. The van der Waals surface area contributed by atoms with E-state index >= 15 is 0 Å². The zero-order valence-electron chi connectivity index (χ0n) is 12.1. The molecule has 1 amide bonds. The molecular weight excluding hydrogens is 286 g/mol. The predicted octanol–water partition coefficient (Wildman–Crippen LogP) is 2.72. The van der Waals surface area contributed by atoms with Gasteiger partial charge in [-0.15, -0.1) is 0 Å². The molecule has 0 fully saturated rings. The summed E-state index contributed by atoms with van der Waals surface area (Å²) in [6.07, 6.45) is 3.09. The van der Waals surface area contributed by atoms with Crippen molar-refractivity contribution in [1.82, 2.24) is 0 Å². The Morgan fingerprint density at radius 1 is 1.45 bits per heavy atom. The van der Waals surface area contributed by atoms with Crippen molar-refractivity contribution in [3.8, 4) is 0 Å². The second kappa shape index (κ2) is 6.75. The number of primary amides is 1. The lowest BCUT2D eigenvalue weighted by atomic mass is 10.1. The van der Waals surface area contributed by atoms with Gasteiger partial charge in [0.15, 0.2) is 0 Å². The highest BCUT2D eigenvalue weighted by Gasteiger charge is 2.18. The molecule has 0 aliphatic carbocycles. The van der Waals surface area contributed by atoms with Crippen LogP contribution in [0.2, 0.25) is 0 Å². The molecule has 2 aromatic rings. The molecule has 0 aliphatic rings. The molecule has 0 unspecified atom stereocenters. The molecule has 0 spiro atoms. The van der Waals surface area contributed by atoms with Gasteiger partial charge in [0.05, 0.1) is 11.2 Å². The third kappa shape index (κ3) is 3.85. The van der Waals surface area contributed by atoms with E-state index in [0.717, 1.165) is 18.6 Å². The lowest BCUT2D eigenvalue weighted by Crippen LogP contribution is -2.17. The molecule has 1 aromatic heterocycles. The number of furan rings is 1. The second-order valence-electron chi connectivity index (χ2n) is 5.02. The molecule has 7 heteroatoms. The van der Waals surface area contributed by atoms with Gasteiger partial charge in [0.25, 0.3) is 5.69 Å². The second-order valence-corrected chi connectivity index (χ2v) is 5.02. The number of nitro groups is 1. The highest BCUT2D eigenvalue weighted by atomic mass is 16.6. The lowest BCUT2D eigenvalue weighted by molar-refractivity contribution is -0.384. The van der Waals surface area contributed by atoms with Crippen molar-refractivity contribution in [2.45, 2.75) is 25.8 Å². The summed E-state index contributed by atoms with van der Waals surface area (Å²) in [5, 5.41) is 14.2. The fourth-order valence-corrected chi connectivity index (χ4v) is 2.11. The minimum absolute atomic E-state index is 0.00299. The summed E-state index contributed by atoms with van der Waals surface area (Å²) in [5.74, 6) is 0.174. The summed E-state index contributed by atoms with van der Waals surface area (Å²) in [6, 6.07) is 7.86. The fourth-order valence-electron chi connectivity index (χ4n) is 2.11. The van der Waals surface area contributed by atoms with Crippen molar-refractivity contribution >= 4 is 17.3 Å². The smallest absolute Gasteiger partial charge is 0.293 e. The molecule has 1 heterocycles. The van der Waals surface area contributed by atoms with Gasteiger partial charge in [-0.1, -0.05) is 0 Å². The van der Waals surface area contributed by atoms with E-state index in [2.05, 4.69) is 5.32 Å². The van der Waals surface area contributed by atoms with Gasteiger partial charge >= 0.3 is 0 Å². The number of rotatable bonds is 7. The predicted molar refractivity (Wildman–Crippen MR) is 81.7 cm³/mol. The standard InChI is InChI=1S/C15H17N3O4/c1-10(4-6-12-3-2-8-22-12)17-13-7-5-11(15(16)19)9-14(13)18(20)21/h2-3,5,7-10,17H,4,6H2,1H3,(H2,16,19)/t10-/m0/s1. The molecule has 2 rings (SSSR count). The van der Waals surface area contributed by atoms with E-state index in [-0.39, 0.29) is 17.3 Å². The van der Waals surface area contributed by atoms with Crippen molar-refractivity contribution in [1.29, 1.82) is 0 Å². The largest absolute Gasteiger partial charge is 0.469 e. The maximum atomic E-state index is 11.1. The number of nitrogens with zero attached hydrogens (tertiary/aromatic N) is 1. The summed E-state index contributed by atoms with van der Waals surface area (Å²) < 4.78 is 5.25. The van der Waals surface area contributed by atoms with Gasteiger partial charge in [-0.3, -0.25) is 14.9 Å². The quantitative estimate of drug-likeness (QED) is 0.603. The van der Waals surface area contributed by atoms with Crippen molar-refractivity contribution in [3.63, 3.8) is 0 Å². The molecule has 0 bridgehead atoms. The zero-order chi connectivity index (χ0) is 16.1. The van der Waals surface area contributed by atoms with Gasteiger partial charge in [0.1, 0.15) is 11.4 Å². The number of benzene rings is 1. The normalized spacial score (nSPS) is 11.9. The monoisotopic (exact) mass is 303 g/mol. The fraction of sp³-hybridized carbons (Fsp3) is 0.267. The van der Waals surface area contributed by atoms with Gasteiger partial charge in [-0.25, -0.2) is 0 Å². The number of carbonyl (C=O) groups is 1. The van der Waals surface area contributed by atoms with Crippen LogP contribution in [-0.2, 0) is 6.42 Å². The summed E-state index contributed by atoms with van der Waals surface area (Å²) in [6.45, 7) is 1.93. The van der Waals surface area contributed by atoms with Crippen LogP contribution in [0.1, 0.15) is 29.5 Å². The van der Waals surface area contributed by atoms with Gasteiger partial charge < -0.3 is 15.5 Å². The molecule has 0 aliphatic heterocycles. The maximum absolute atomic E-state index is 11.1. The van der Waals surface area contributed by atoms with Crippen LogP contribution in [0.3, 0.4) is 0 Å². The van der Waals surface area contributed by atoms with E-state index in [1.807, 2.05) is 19.1 Å². The van der Waals surface area contributed by atoms with Crippen molar-refractivity contribution < 1.29 is 14.1 Å². The van der Waals surface area contributed by atoms with Crippen LogP contribution in [0, 0.1) is 10.1 Å². The number of hydrogen-bond donors (Lipinski definition) is 2. The van der Waals surface area contributed by atoms with Gasteiger partial charge in [0.2, 0.25) is 5.91 Å². The SMILES string of the molecule is C[C@@H](CCc1ccco1)Nc1ccc(C(N)=O)cc1[N+](=O)[O-]. The molecule has 0 saturated heterocycles. The summed E-state index contributed by atoms with van der Waals surface area (Å²) in [7, 11) is 0. The first-order chi connectivity index (χ1) is 10.5. The highest BCUT2D eigenvalue weighted by molar-refractivity contribution is 5.94. The summed E-state index contributed by atoms with van der Waals surface area (Å²) in [4.78, 5) is 21.7. The van der Waals surface area contributed by atoms with Crippen LogP contribution in [0.4, 0.5) is 11.4 Å². The molecular formula is C15H17N3O4. The van der Waals surface area contributed by atoms with E-state index in [1.54, 1.807) is 6.26 Å². The summed E-state index contributed by atoms with van der Waals surface area (Å²) in [5.41, 5.74) is 5.45. The third-order valence-electron chi connectivity index (χ3n) is 3.28. The average molecular weight is 303 g/mol. The Morgan fingerprint density at radius 3 is 2.82 bits per heavy atom. The van der Waals surface area contributed by atoms with E-state index in [9.17, 15) is 14.9 Å². The molecule has 116 valence electrons. The Bertz CT molecular complexity index is 667. The Hall–Kier alpha value is -2.83. The van der Waals surface area contributed by atoms with Crippen LogP contribution < -0.4 is 11.1 Å². The minimum atomic E-state index is -0.694. The van der Waals surface area contributed by atoms with E-state index < -0.39 is 10.8 Å². The number of amides is 1. The first-order valence-electron chi connectivity index (χ1n) is 6.84. The third-order valence-corrected chi connectivity index (χ3v) is 3.28. The number of hydrogen-bond acceptors (Lipinski definition) is 5. The number of nitro benzene ring substituents is 1. The molecule has 7 nitrogen and oxygen atoms in total. The van der Waals surface area contributed by atoms with Crippen molar-refractivity contribution in [2.24, 2.45) is 5.73 Å². The molecule has 0 radical (unpaired) electrons. The molecule has 22 heavy (non-hydrogen) atoms. The lowest BCUT2D eigenvalue weighted by Gasteiger charge is -2.15. The zero-order valence-corrected chi connectivity index (χ0v) is 12.1. The van der Waals surface area contributed by atoms with Crippen LogP contribution >= 0.6 is 0 Å². The minimum Gasteiger partial charge on any atom is -0.469 e. The van der Waals surface area contributed by atoms with E-state index in [4.69, 9.17) is 10.2 Å². The summed E-state index contributed by atoms with van der Waals surface area (Å²) >= 11 is 0. The highest BCUT2D eigenvalue weighted by Crippen LogP contribution is 2.26. The van der Waals surface area contributed by atoms with Crippen LogP contribution in [-0.4, -0.2) is 16.9 Å².